The molecular formula is C16H11ClO3. The third-order valence-electron chi connectivity index (χ3n) is 3.26. The molecule has 0 atom stereocenters. The second-order valence-corrected chi connectivity index (χ2v) is 5.02. The van der Waals surface area contributed by atoms with E-state index in [0.717, 1.165) is 16.5 Å². The SMILES string of the molecule is Cc1c(-c2cccc(Cl)c2)c(=O)oc2cc(O)ccc12. The molecule has 1 aromatic heterocycles. The van der Waals surface area contributed by atoms with Gasteiger partial charge in [0, 0.05) is 16.5 Å². The molecule has 0 saturated carbocycles. The summed E-state index contributed by atoms with van der Waals surface area (Å²) in [5.41, 5.74) is 1.95. The van der Waals surface area contributed by atoms with E-state index in [1.807, 2.05) is 13.0 Å². The van der Waals surface area contributed by atoms with Crippen LogP contribution in [-0.2, 0) is 0 Å². The van der Waals surface area contributed by atoms with Crippen LogP contribution in [0.5, 0.6) is 5.75 Å². The number of fused-ring (bicyclic) bond motifs is 1. The molecule has 3 rings (SSSR count). The second kappa shape index (κ2) is 4.69. The lowest BCUT2D eigenvalue weighted by molar-refractivity contribution is 0.473. The Hall–Kier alpha value is -2.26. The van der Waals surface area contributed by atoms with Crippen molar-refractivity contribution in [1.82, 2.24) is 0 Å². The predicted octanol–water partition coefficient (Wildman–Crippen LogP) is 4.13. The fourth-order valence-electron chi connectivity index (χ4n) is 2.32. The van der Waals surface area contributed by atoms with Gasteiger partial charge in [0.25, 0.3) is 0 Å². The second-order valence-electron chi connectivity index (χ2n) is 4.58. The Morgan fingerprint density at radius 2 is 1.95 bits per heavy atom. The van der Waals surface area contributed by atoms with Gasteiger partial charge in [-0.15, -0.1) is 0 Å². The van der Waals surface area contributed by atoms with Crippen molar-refractivity contribution in [3.63, 3.8) is 0 Å². The van der Waals surface area contributed by atoms with Crippen LogP contribution in [0.2, 0.25) is 5.02 Å². The van der Waals surface area contributed by atoms with Gasteiger partial charge < -0.3 is 9.52 Å². The Morgan fingerprint density at radius 1 is 1.15 bits per heavy atom. The largest absolute Gasteiger partial charge is 0.508 e. The van der Waals surface area contributed by atoms with Gasteiger partial charge in [0.2, 0.25) is 0 Å². The maximum atomic E-state index is 12.2. The minimum atomic E-state index is -0.442. The van der Waals surface area contributed by atoms with E-state index in [-0.39, 0.29) is 5.75 Å². The van der Waals surface area contributed by atoms with Gasteiger partial charge in [-0.25, -0.2) is 4.79 Å². The third-order valence-corrected chi connectivity index (χ3v) is 3.50. The molecule has 0 bridgehead atoms. The minimum absolute atomic E-state index is 0.0653. The Kier molecular flexibility index (Phi) is 2.99. The average molecular weight is 287 g/mol. The van der Waals surface area contributed by atoms with E-state index in [0.29, 0.717) is 16.2 Å². The van der Waals surface area contributed by atoms with Crippen LogP contribution in [0.25, 0.3) is 22.1 Å². The van der Waals surface area contributed by atoms with Crippen LogP contribution < -0.4 is 5.63 Å². The molecule has 0 amide bonds. The number of aryl methyl sites for hydroxylation is 1. The molecule has 100 valence electrons. The summed E-state index contributed by atoms with van der Waals surface area (Å²) in [4.78, 5) is 12.2. The Labute approximate surface area is 120 Å². The van der Waals surface area contributed by atoms with E-state index in [9.17, 15) is 9.90 Å². The van der Waals surface area contributed by atoms with Crippen molar-refractivity contribution in [2.24, 2.45) is 0 Å². The average Bonchev–Trinajstić information content (AvgIpc) is 2.38. The first-order chi connectivity index (χ1) is 9.56. The molecule has 4 heteroatoms. The van der Waals surface area contributed by atoms with Crippen molar-refractivity contribution in [2.45, 2.75) is 6.92 Å². The maximum absolute atomic E-state index is 12.2. The van der Waals surface area contributed by atoms with Crippen LogP contribution in [0.15, 0.2) is 51.7 Å². The van der Waals surface area contributed by atoms with Crippen LogP contribution in [0, 0.1) is 6.92 Å². The smallest absolute Gasteiger partial charge is 0.344 e. The monoisotopic (exact) mass is 286 g/mol. The van der Waals surface area contributed by atoms with Crippen LogP contribution in [0.1, 0.15) is 5.56 Å². The first-order valence-electron chi connectivity index (χ1n) is 6.08. The van der Waals surface area contributed by atoms with Gasteiger partial charge in [-0.05, 0) is 42.3 Å². The molecule has 0 aliphatic rings. The van der Waals surface area contributed by atoms with Gasteiger partial charge >= 0.3 is 5.63 Å². The molecule has 0 radical (unpaired) electrons. The molecule has 20 heavy (non-hydrogen) atoms. The molecule has 3 aromatic rings. The van der Waals surface area contributed by atoms with Gasteiger partial charge in [-0.3, -0.25) is 0 Å². The van der Waals surface area contributed by atoms with Gasteiger partial charge in [-0.1, -0.05) is 23.7 Å². The number of hydrogen-bond donors (Lipinski definition) is 1. The van der Waals surface area contributed by atoms with Crippen molar-refractivity contribution in [3.8, 4) is 16.9 Å². The van der Waals surface area contributed by atoms with Crippen molar-refractivity contribution in [3.05, 3.63) is 63.5 Å². The zero-order chi connectivity index (χ0) is 14.3. The van der Waals surface area contributed by atoms with E-state index >= 15 is 0 Å². The number of rotatable bonds is 1. The molecule has 0 unspecified atom stereocenters. The lowest BCUT2D eigenvalue weighted by Crippen LogP contribution is -2.05. The van der Waals surface area contributed by atoms with Crippen molar-refractivity contribution < 1.29 is 9.52 Å². The highest BCUT2D eigenvalue weighted by Crippen LogP contribution is 2.29. The minimum Gasteiger partial charge on any atom is -0.508 e. The van der Waals surface area contributed by atoms with Crippen LogP contribution in [0.3, 0.4) is 0 Å². The molecule has 2 aromatic carbocycles. The molecule has 1 N–H and O–H groups in total. The molecule has 1 heterocycles. The molecule has 0 spiro atoms. The van der Waals surface area contributed by atoms with E-state index < -0.39 is 5.63 Å². The lowest BCUT2D eigenvalue weighted by atomic mass is 10.00. The highest BCUT2D eigenvalue weighted by molar-refractivity contribution is 6.30. The summed E-state index contributed by atoms with van der Waals surface area (Å²) in [5, 5.41) is 10.8. The summed E-state index contributed by atoms with van der Waals surface area (Å²) >= 11 is 5.97. The Bertz CT molecular complexity index is 865. The number of phenolic OH excluding ortho intramolecular Hbond substituents is 1. The molecule has 0 aliphatic heterocycles. The molecule has 3 nitrogen and oxygen atoms in total. The number of benzene rings is 2. The molecule has 0 fully saturated rings. The predicted molar refractivity (Wildman–Crippen MR) is 79.3 cm³/mol. The zero-order valence-corrected chi connectivity index (χ0v) is 11.4. The molecule has 0 saturated heterocycles. The van der Waals surface area contributed by atoms with E-state index in [1.54, 1.807) is 30.3 Å². The fraction of sp³-hybridized carbons (Fsp3) is 0.0625. The van der Waals surface area contributed by atoms with Gasteiger partial charge in [-0.2, -0.15) is 0 Å². The normalized spacial score (nSPS) is 10.9. The van der Waals surface area contributed by atoms with Crippen LogP contribution >= 0.6 is 11.6 Å². The van der Waals surface area contributed by atoms with Gasteiger partial charge in [0.15, 0.2) is 0 Å². The number of hydrogen-bond acceptors (Lipinski definition) is 3. The zero-order valence-electron chi connectivity index (χ0n) is 10.7. The summed E-state index contributed by atoms with van der Waals surface area (Å²) in [6.07, 6.45) is 0. The fourth-order valence-corrected chi connectivity index (χ4v) is 2.51. The standard InChI is InChI=1S/C16H11ClO3/c1-9-13-6-5-12(18)8-14(13)20-16(19)15(9)10-3-2-4-11(17)7-10/h2-8,18H,1H3. The van der Waals surface area contributed by atoms with Crippen LogP contribution in [-0.4, -0.2) is 5.11 Å². The summed E-state index contributed by atoms with van der Waals surface area (Å²) in [6.45, 7) is 1.85. The number of halogens is 1. The van der Waals surface area contributed by atoms with Gasteiger partial charge in [0.05, 0.1) is 5.56 Å². The van der Waals surface area contributed by atoms with Gasteiger partial charge in [0.1, 0.15) is 11.3 Å². The van der Waals surface area contributed by atoms with E-state index in [2.05, 4.69) is 0 Å². The number of aromatic hydroxyl groups is 1. The summed E-state index contributed by atoms with van der Waals surface area (Å²) in [5.74, 6) is 0.0653. The number of phenols is 1. The topological polar surface area (TPSA) is 50.4 Å². The lowest BCUT2D eigenvalue weighted by Gasteiger charge is -2.08. The quantitative estimate of drug-likeness (QED) is 0.684. The van der Waals surface area contributed by atoms with Crippen molar-refractivity contribution in [2.75, 3.05) is 0 Å². The first kappa shape index (κ1) is 12.8. The highest BCUT2D eigenvalue weighted by Gasteiger charge is 2.13. The first-order valence-corrected chi connectivity index (χ1v) is 6.46. The van der Waals surface area contributed by atoms with Crippen molar-refractivity contribution in [1.29, 1.82) is 0 Å². The highest BCUT2D eigenvalue weighted by atomic mass is 35.5. The van der Waals surface area contributed by atoms with Crippen molar-refractivity contribution >= 4 is 22.6 Å². The maximum Gasteiger partial charge on any atom is 0.344 e. The molecular weight excluding hydrogens is 276 g/mol. The summed E-state index contributed by atoms with van der Waals surface area (Å²) < 4.78 is 5.29. The third kappa shape index (κ3) is 2.06. The Morgan fingerprint density at radius 3 is 2.70 bits per heavy atom. The van der Waals surface area contributed by atoms with E-state index in [1.165, 1.54) is 6.07 Å². The summed E-state index contributed by atoms with van der Waals surface area (Å²) in [7, 11) is 0. The van der Waals surface area contributed by atoms with E-state index in [4.69, 9.17) is 16.0 Å². The Balaban J connectivity index is 2.37. The summed E-state index contributed by atoms with van der Waals surface area (Å²) in [6, 6.07) is 11.8. The molecule has 0 aliphatic carbocycles. The van der Waals surface area contributed by atoms with Crippen LogP contribution in [0.4, 0.5) is 0 Å².